The van der Waals surface area contributed by atoms with Crippen LogP contribution < -0.4 is 5.32 Å². The zero-order chi connectivity index (χ0) is 21.5. The summed E-state index contributed by atoms with van der Waals surface area (Å²) in [7, 11) is 0. The van der Waals surface area contributed by atoms with Crippen LogP contribution in [0, 0.1) is 13.8 Å². The van der Waals surface area contributed by atoms with E-state index >= 15 is 0 Å². The van der Waals surface area contributed by atoms with Crippen LogP contribution in [0.15, 0.2) is 53.2 Å². The number of furan rings is 1. The van der Waals surface area contributed by atoms with Crippen molar-refractivity contribution in [3.05, 3.63) is 77.1 Å². The first-order valence-electron chi connectivity index (χ1n) is 9.08. The summed E-state index contributed by atoms with van der Waals surface area (Å²) in [5.74, 6) is 1.02. The molecule has 0 saturated carbocycles. The monoisotopic (exact) mass is 414 g/mol. The molecule has 3 aromatic heterocycles. The van der Waals surface area contributed by atoms with E-state index in [4.69, 9.17) is 4.42 Å². The second-order valence-corrected chi connectivity index (χ2v) is 6.82. The van der Waals surface area contributed by atoms with Crippen LogP contribution in [0.3, 0.4) is 0 Å². The molecule has 6 nitrogen and oxygen atoms in total. The van der Waals surface area contributed by atoms with Gasteiger partial charge in [0.2, 0.25) is 0 Å². The topological polar surface area (TPSA) is 72.4 Å². The second-order valence-electron chi connectivity index (χ2n) is 6.82. The predicted molar refractivity (Wildman–Crippen MR) is 103 cm³/mol. The van der Waals surface area contributed by atoms with Gasteiger partial charge in [0.25, 0.3) is 5.91 Å². The molecule has 0 aliphatic heterocycles. The normalized spacial score (nSPS) is 11.8. The number of carbonyl (C=O) groups excluding carboxylic acids is 1. The Balaban J connectivity index is 1.64. The van der Waals surface area contributed by atoms with E-state index in [2.05, 4.69) is 15.4 Å². The largest absolute Gasteiger partial charge is 0.465 e. The van der Waals surface area contributed by atoms with Crippen LogP contribution in [-0.4, -0.2) is 20.5 Å². The lowest BCUT2D eigenvalue weighted by molar-refractivity contribution is -0.137. The Bertz CT molecular complexity index is 1240. The van der Waals surface area contributed by atoms with Crippen molar-refractivity contribution >= 4 is 11.6 Å². The van der Waals surface area contributed by atoms with Crippen LogP contribution in [-0.2, 0) is 12.7 Å². The highest BCUT2D eigenvalue weighted by Gasteiger charge is 2.30. The van der Waals surface area contributed by atoms with Crippen LogP contribution in [0.2, 0.25) is 0 Å². The molecule has 3 heterocycles. The number of aromatic nitrogens is 3. The van der Waals surface area contributed by atoms with E-state index < -0.39 is 11.7 Å². The Hall–Kier alpha value is -3.62. The van der Waals surface area contributed by atoms with Crippen LogP contribution in [0.1, 0.15) is 33.1 Å². The molecule has 4 aromatic rings. The number of nitrogens with zero attached hydrogens (tertiary/aromatic N) is 3. The van der Waals surface area contributed by atoms with E-state index in [0.717, 1.165) is 17.9 Å². The molecule has 154 valence electrons. The Morgan fingerprint density at radius 3 is 2.67 bits per heavy atom. The van der Waals surface area contributed by atoms with Crippen molar-refractivity contribution in [2.75, 3.05) is 0 Å². The number of rotatable bonds is 4. The molecular weight excluding hydrogens is 397 g/mol. The summed E-state index contributed by atoms with van der Waals surface area (Å²) in [6, 6.07) is 8.55. The lowest BCUT2D eigenvalue weighted by Gasteiger charge is -2.09. The number of carbonyl (C=O) groups is 1. The third-order valence-corrected chi connectivity index (χ3v) is 4.73. The van der Waals surface area contributed by atoms with Gasteiger partial charge in [-0.1, -0.05) is 12.1 Å². The van der Waals surface area contributed by atoms with Crippen molar-refractivity contribution in [2.45, 2.75) is 26.6 Å². The number of halogens is 3. The third-order valence-electron chi connectivity index (χ3n) is 4.73. The van der Waals surface area contributed by atoms with Gasteiger partial charge in [0.15, 0.2) is 5.65 Å². The molecule has 1 N–H and O–H groups in total. The first kappa shape index (κ1) is 19.7. The molecule has 0 bridgehead atoms. The average molecular weight is 414 g/mol. The summed E-state index contributed by atoms with van der Waals surface area (Å²) in [5, 5.41) is 6.98. The van der Waals surface area contributed by atoms with E-state index in [9.17, 15) is 18.0 Å². The highest BCUT2D eigenvalue weighted by molar-refractivity contribution is 5.95. The lowest BCUT2D eigenvalue weighted by atomic mass is 10.1. The predicted octanol–water partition coefficient (Wildman–Crippen LogP) is 4.55. The van der Waals surface area contributed by atoms with Crippen molar-refractivity contribution < 1.29 is 22.4 Å². The number of fused-ring (bicyclic) bond motifs is 1. The fraction of sp³-hybridized carbons (Fsp3) is 0.190. The van der Waals surface area contributed by atoms with E-state index in [1.165, 1.54) is 23.0 Å². The Morgan fingerprint density at radius 1 is 1.17 bits per heavy atom. The highest BCUT2D eigenvalue weighted by atomic mass is 19.4. The minimum absolute atomic E-state index is 0.221. The van der Waals surface area contributed by atoms with Gasteiger partial charge in [-0.2, -0.15) is 18.3 Å². The van der Waals surface area contributed by atoms with Gasteiger partial charge in [0.1, 0.15) is 11.5 Å². The van der Waals surface area contributed by atoms with Gasteiger partial charge in [0, 0.05) is 11.8 Å². The van der Waals surface area contributed by atoms with Crippen molar-refractivity contribution in [3.63, 3.8) is 0 Å². The van der Waals surface area contributed by atoms with E-state index in [-0.39, 0.29) is 12.5 Å². The molecule has 0 atom stereocenters. The number of alkyl halides is 3. The number of nitrogens with one attached hydrogen (secondary N) is 1. The first-order chi connectivity index (χ1) is 14.2. The zero-order valence-corrected chi connectivity index (χ0v) is 16.1. The molecule has 0 aliphatic carbocycles. The molecule has 1 aromatic carbocycles. The van der Waals surface area contributed by atoms with E-state index in [1.54, 1.807) is 25.1 Å². The fourth-order valence-corrected chi connectivity index (χ4v) is 3.18. The van der Waals surface area contributed by atoms with Gasteiger partial charge in [-0.3, -0.25) is 4.79 Å². The van der Waals surface area contributed by atoms with Crippen LogP contribution in [0.5, 0.6) is 0 Å². The van der Waals surface area contributed by atoms with Crippen molar-refractivity contribution in [2.24, 2.45) is 0 Å². The third kappa shape index (κ3) is 3.66. The van der Waals surface area contributed by atoms with Gasteiger partial charge in [-0.25, -0.2) is 9.50 Å². The maximum Gasteiger partial charge on any atom is 0.416 e. The number of benzene rings is 1. The van der Waals surface area contributed by atoms with E-state index in [1.807, 2.05) is 6.92 Å². The Labute approximate surface area is 169 Å². The molecule has 0 fully saturated rings. The van der Waals surface area contributed by atoms with Crippen LogP contribution in [0.25, 0.3) is 16.8 Å². The average Bonchev–Trinajstić information content (AvgIpc) is 3.32. The Kier molecular flexibility index (Phi) is 4.81. The molecule has 0 spiro atoms. The van der Waals surface area contributed by atoms with E-state index in [0.29, 0.717) is 33.8 Å². The van der Waals surface area contributed by atoms with Gasteiger partial charge in [-0.15, -0.1) is 0 Å². The van der Waals surface area contributed by atoms with Crippen LogP contribution >= 0.6 is 0 Å². The maximum atomic E-state index is 13.0. The summed E-state index contributed by atoms with van der Waals surface area (Å²) in [5.41, 5.74) is 1.24. The fourth-order valence-electron chi connectivity index (χ4n) is 3.18. The quantitative estimate of drug-likeness (QED) is 0.532. The number of amides is 1. The van der Waals surface area contributed by atoms with Gasteiger partial charge < -0.3 is 9.73 Å². The molecule has 4 rings (SSSR count). The molecule has 0 unspecified atom stereocenters. The zero-order valence-electron chi connectivity index (χ0n) is 16.1. The minimum Gasteiger partial charge on any atom is -0.465 e. The summed E-state index contributed by atoms with van der Waals surface area (Å²) >= 11 is 0. The maximum absolute atomic E-state index is 13.0. The summed E-state index contributed by atoms with van der Waals surface area (Å²) < 4.78 is 46.0. The number of aryl methyl sites for hydroxylation is 2. The summed E-state index contributed by atoms with van der Waals surface area (Å²) in [6.07, 6.45) is -1.61. The molecule has 30 heavy (non-hydrogen) atoms. The van der Waals surface area contributed by atoms with Gasteiger partial charge in [-0.05, 0) is 43.7 Å². The second kappa shape index (κ2) is 7.33. The van der Waals surface area contributed by atoms with Crippen molar-refractivity contribution in [3.8, 4) is 11.1 Å². The van der Waals surface area contributed by atoms with Gasteiger partial charge >= 0.3 is 6.18 Å². The van der Waals surface area contributed by atoms with Crippen molar-refractivity contribution in [1.29, 1.82) is 0 Å². The van der Waals surface area contributed by atoms with Crippen molar-refractivity contribution in [1.82, 2.24) is 19.9 Å². The molecule has 9 heteroatoms. The SMILES string of the molecule is Cc1ccc(CNC(=O)c2cnc3c(-c4cccc(C(F)(F)F)c4)cnn3c2C)o1. The minimum atomic E-state index is -4.44. The standard InChI is InChI=1S/C21H17F3N4O2/c1-12-6-7-16(30-12)9-26-20(29)17-10-25-19-18(11-27-28(19)13(17)2)14-4-3-5-15(8-14)21(22,23)24/h3-8,10-11H,9H2,1-2H3,(H,26,29). The van der Waals surface area contributed by atoms with Crippen LogP contribution in [0.4, 0.5) is 13.2 Å². The molecule has 0 radical (unpaired) electrons. The molecule has 0 aliphatic rings. The number of hydrogen-bond donors (Lipinski definition) is 1. The molecule has 0 saturated heterocycles. The molecule has 1 amide bonds. The number of hydrogen-bond acceptors (Lipinski definition) is 4. The highest BCUT2D eigenvalue weighted by Crippen LogP contribution is 2.33. The smallest absolute Gasteiger partial charge is 0.416 e. The summed E-state index contributed by atoms with van der Waals surface area (Å²) in [4.78, 5) is 16.8. The molecular formula is C21H17F3N4O2. The summed E-state index contributed by atoms with van der Waals surface area (Å²) in [6.45, 7) is 3.73. The Morgan fingerprint density at radius 2 is 1.97 bits per heavy atom. The van der Waals surface area contributed by atoms with Gasteiger partial charge in [0.05, 0.1) is 29.6 Å². The lowest BCUT2D eigenvalue weighted by Crippen LogP contribution is -2.24. The first-order valence-corrected chi connectivity index (χ1v) is 9.08.